The first-order chi connectivity index (χ1) is 15.9. The zero-order chi connectivity index (χ0) is 23.5. The number of pyridine rings is 1. The average molecular weight is 454 g/mol. The zero-order valence-corrected chi connectivity index (χ0v) is 20.1. The molecule has 1 aliphatic heterocycles. The molecule has 8 heteroatoms. The zero-order valence-electron chi connectivity index (χ0n) is 20.1. The van der Waals surface area contributed by atoms with E-state index in [2.05, 4.69) is 16.5 Å². The minimum absolute atomic E-state index is 0.0332. The molecule has 1 aromatic carbocycles. The van der Waals surface area contributed by atoms with Gasteiger partial charge in [0.2, 0.25) is 5.91 Å². The van der Waals surface area contributed by atoms with Gasteiger partial charge in [-0.2, -0.15) is 0 Å². The van der Waals surface area contributed by atoms with Gasteiger partial charge in [-0.3, -0.25) is 4.79 Å². The van der Waals surface area contributed by atoms with Crippen LogP contribution in [0.25, 0.3) is 21.9 Å². The summed E-state index contributed by atoms with van der Waals surface area (Å²) in [5, 5.41) is 0.979. The molecule has 0 atom stereocenters. The summed E-state index contributed by atoms with van der Waals surface area (Å²) < 4.78 is 14.2. The number of ether oxygens (including phenoxy) is 2. The number of likely N-dealkylation sites (tertiary alicyclic amines) is 1. The van der Waals surface area contributed by atoms with Gasteiger partial charge in [0, 0.05) is 50.4 Å². The van der Waals surface area contributed by atoms with Gasteiger partial charge in [-0.1, -0.05) is 20.8 Å². The third-order valence-electron chi connectivity index (χ3n) is 6.19. The van der Waals surface area contributed by atoms with Gasteiger partial charge in [-0.05, 0) is 31.5 Å². The maximum Gasteiger partial charge on any atom is 0.225 e. The number of amides is 1. The molecule has 2 N–H and O–H groups in total. The van der Waals surface area contributed by atoms with Gasteiger partial charge in [0.15, 0.2) is 5.82 Å². The van der Waals surface area contributed by atoms with E-state index < -0.39 is 0 Å². The minimum Gasteiger partial charge on any atom is -0.490 e. The molecule has 178 valence electrons. The van der Waals surface area contributed by atoms with Crippen molar-refractivity contribution in [2.24, 2.45) is 5.92 Å². The van der Waals surface area contributed by atoms with Gasteiger partial charge in [0.25, 0.3) is 0 Å². The molecule has 0 spiro atoms. The number of rotatable bonds is 8. The van der Waals surface area contributed by atoms with Gasteiger partial charge in [0.05, 0.1) is 11.0 Å². The van der Waals surface area contributed by atoms with Gasteiger partial charge >= 0.3 is 0 Å². The number of nitrogens with zero attached hydrogens (tertiary/aromatic N) is 4. The summed E-state index contributed by atoms with van der Waals surface area (Å²) in [6.07, 6.45) is 2.72. The molecule has 1 saturated heterocycles. The molecule has 1 aliphatic rings. The van der Waals surface area contributed by atoms with Crippen LogP contribution in [0.15, 0.2) is 18.2 Å². The minimum atomic E-state index is 0.0332. The van der Waals surface area contributed by atoms with Crippen molar-refractivity contribution < 1.29 is 14.3 Å². The molecule has 0 aliphatic carbocycles. The first-order valence-electron chi connectivity index (χ1n) is 12.0. The quantitative estimate of drug-likeness (QED) is 0.551. The van der Waals surface area contributed by atoms with Crippen molar-refractivity contribution in [3.05, 3.63) is 24.0 Å². The molecule has 4 rings (SSSR count). The number of carbonyl (C=O) groups excluding carboxylic acids is 1. The van der Waals surface area contributed by atoms with Crippen LogP contribution in [-0.4, -0.2) is 51.1 Å². The Hall–Kier alpha value is -2.87. The number of anilines is 1. The number of nitrogen functional groups attached to an aromatic ring is 1. The van der Waals surface area contributed by atoms with Crippen LogP contribution in [0.2, 0.25) is 0 Å². The maximum absolute atomic E-state index is 12.3. The summed E-state index contributed by atoms with van der Waals surface area (Å²) in [4.78, 5) is 23.6. The smallest absolute Gasteiger partial charge is 0.225 e. The Balaban J connectivity index is 1.64. The first-order valence-corrected chi connectivity index (χ1v) is 12.0. The Morgan fingerprint density at radius 1 is 1.21 bits per heavy atom. The summed E-state index contributed by atoms with van der Waals surface area (Å²) in [7, 11) is 0. The van der Waals surface area contributed by atoms with E-state index in [4.69, 9.17) is 20.2 Å². The number of benzene rings is 1. The molecule has 1 amide bonds. The lowest BCUT2D eigenvalue weighted by Crippen LogP contribution is -2.43. The summed E-state index contributed by atoms with van der Waals surface area (Å²) in [6, 6.07) is 5.96. The fourth-order valence-corrected chi connectivity index (χ4v) is 4.53. The number of carbonyl (C=O) groups is 1. The topological polar surface area (TPSA) is 95.5 Å². The molecule has 2 aromatic heterocycles. The molecule has 8 nitrogen and oxygen atoms in total. The predicted octanol–water partition coefficient (Wildman–Crippen LogP) is 4.14. The first kappa shape index (κ1) is 23.3. The van der Waals surface area contributed by atoms with E-state index in [9.17, 15) is 4.79 Å². The second-order valence-corrected chi connectivity index (χ2v) is 8.99. The van der Waals surface area contributed by atoms with Crippen LogP contribution in [0, 0.1) is 5.92 Å². The van der Waals surface area contributed by atoms with E-state index in [0.29, 0.717) is 24.5 Å². The molecule has 3 heterocycles. The number of aromatic nitrogens is 3. The molecule has 0 saturated carbocycles. The van der Waals surface area contributed by atoms with Crippen molar-refractivity contribution >= 4 is 33.7 Å². The third kappa shape index (κ3) is 4.76. The van der Waals surface area contributed by atoms with Crippen LogP contribution in [0.5, 0.6) is 5.75 Å². The Kier molecular flexibility index (Phi) is 7.02. The summed E-state index contributed by atoms with van der Waals surface area (Å²) >= 11 is 0. The van der Waals surface area contributed by atoms with Crippen LogP contribution in [0.4, 0.5) is 5.82 Å². The van der Waals surface area contributed by atoms with Crippen LogP contribution in [-0.2, 0) is 22.7 Å². The Morgan fingerprint density at radius 3 is 2.64 bits per heavy atom. The number of nitrogens with two attached hydrogens (primary N) is 1. The summed E-state index contributed by atoms with van der Waals surface area (Å²) in [5.74, 6) is 2.35. The number of imidazole rings is 1. The van der Waals surface area contributed by atoms with E-state index >= 15 is 0 Å². The molecule has 33 heavy (non-hydrogen) atoms. The Bertz CT molecular complexity index is 1130. The SMILES string of the molecule is CCCn1c(COCC)nc2c(N)nc3ccc(OC4CCN(C(=O)C(C)C)CC4)cc3c21. The highest BCUT2D eigenvalue weighted by Crippen LogP contribution is 2.32. The van der Waals surface area contributed by atoms with Crippen molar-refractivity contribution in [2.75, 3.05) is 25.4 Å². The Labute approximate surface area is 195 Å². The van der Waals surface area contributed by atoms with Crippen molar-refractivity contribution in [3.63, 3.8) is 0 Å². The number of hydrogen-bond donors (Lipinski definition) is 1. The average Bonchev–Trinajstić information content (AvgIpc) is 3.17. The third-order valence-corrected chi connectivity index (χ3v) is 6.19. The van der Waals surface area contributed by atoms with Gasteiger partial charge < -0.3 is 24.7 Å². The second-order valence-electron chi connectivity index (χ2n) is 8.99. The van der Waals surface area contributed by atoms with Crippen molar-refractivity contribution in [3.8, 4) is 5.75 Å². The van der Waals surface area contributed by atoms with E-state index in [1.807, 2.05) is 43.9 Å². The lowest BCUT2D eigenvalue weighted by Gasteiger charge is -2.33. The fraction of sp³-hybridized carbons (Fsp3) is 0.560. The lowest BCUT2D eigenvalue weighted by atomic mass is 10.1. The number of hydrogen-bond acceptors (Lipinski definition) is 6. The Morgan fingerprint density at radius 2 is 1.97 bits per heavy atom. The van der Waals surface area contributed by atoms with Crippen molar-refractivity contribution in [1.82, 2.24) is 19.4 Å². The van der Waals surface area contributed by atoms with E-state index in [1.54, 1.807) is 0 Å². The monoisotopic (exact) mass is 453 g/mol. The normalized spacial score (nSPS) is 15.1. The standard InChI is InChI=1S/C25H35N5O3/c1-5-11-30-21(15-32-6-2)28-22-23(30)19-14-18(7-8-20(19)27-24(22)26)33-17-9-12-29(13-10-17)25(31)16(3)4/h7-8,14,16-17H,5-6,9-13,15H2,1-4H3,(H2,26,27). The predicted molar refractivity (Wildman–Crippen MR) is 130 cm³/mol. The number of piperidine rings is 1. The fourth-order valence-electron chi connectivity index (χ4n) is 4.53. The molecule has 0 bridgehead atoms. The highest BCUT2D eigenvalue weighted by Gasteiger charge is 2.25. The highest BCUT2D eigenvalue weighted by atomic mass is 16.5. The van der Waals surface area contributed by atoms with E-state index in [-0.39, 0.29) is 17.9 Å². The van der Waals surface area contributed by atoms with Crippen LogP contribution < -0.4 is 10.5 Å². The number of aryl methyl sites for hydroxylation is 1. The molecule has 3 aromatic rings. The highest BCUT2D eigenvalue weighted by molar-refractivity contribution is 6.07. The molecule has 0 radical (unpaired) electrons. The molecular formula is C25H35N5O3. The van der Waals surface area contributed by atoms with Gasteiger partial charge in [-0.15, -0.1) is 0 Å². The van der Waals surface area contributed by atoms with Crippen LogP contribution in [0.3, 0.4) is 0 Å². The molecule has 0 unspecified atom stereocenters. The number of fused-ring (bicyclic) bond motifs is 3. The summed E-state index contributed by atoms with van der Waals surface area (Å²) in [6.45, 7) is 11.4. The van der Waals surface area contributed by atoms with E-state index in [0.717, 1.165) is 66.9 Å². The molecular weight excluding hydrogens is 418 g/mol. The van der Waals surface area contributed by atoms with Gasteiger partial charge in [-0.25, -0.2) is 9.97 Å². The maximum atomic E-state index is 12.3. The summed E-state index contributed by atoms with van der Waals surface area (Å²) in [5.41, 5.74) is 8.80. The van der Waals surface area contributed by atoms with Crippen molar-refractivity contribution in [2.45, 2.75) is 66.2 Å². The second kappa shape index (κ2) is 9.95. The lowest BCUT2D eigenvalue weighted by molar-refractivity contribution is -0.136. The largest absolute Gasteiger partial charge is 0.490 e. The van der Waals surface area contributed by atoms with Gasteiger partial charge in [0.1, 0.15) is 29.8 Å². The van der Waals surface area contributed by atoms with Crippen LogP contribution >= 0.6 is 0 Å². The van der Waals surface area contributed by atoms with Crippen LogP contribution in [0.1, 0.15) is 52.8 Å². The van der Waals surface area contributed by atoms with Crippen molar-refractivity contribution in [1.29, 1.82) is 0 Å². The van der Waals surface area contributed by atoms with E-state index in [1.165, 1.54) is 0 Å². The molecule has 1 fully saturated rings.